The highest BCUT2D eigenvalue weighted by molar-refractivity contribution is 5.89. The highest BCUT2D eigenvalue weighted by atomic mass is 16.1. The van der Waals surface area contributed by atoms with Crippen LogP contribution in [0, 0.1) is 0 Å². The Balaban J connectivity index is 3.65. The summed E-state index contributed by atoms with van der Waals surface area (Å²) < 4.78 is 0. The largest absolute Gasteiger partial charge is 0.299 e. The Hall–Kier alpha value is -1.18. The second kappa shape index (κ2) is 5.95. The van der Waals surface area contributed by atoms with Gasteiger partial charge >= 0.3 is 0 Å². The first-order valence-corrected chi connectivity index (χ1v) is 3.12. The minimum absolute atomic E-state index is 0.0653. The number of hydrogen-bond donors (Lipinski definition) is 0. The molecule has 2 nitrogen and oxygen atoms in total. The molecule has 0 unspecified atom stereocenters. The first-order chi connectivity index (χ1) is 4.81. The fourth-order valence-corrected chi connectivity index (χ4v) is 0.390. The van der Waals surface area contributed by atoms with Gasteiger partial charge in [0.05, 0.1) is 0 Å². The first-order valence-electron chi connectivity index (χ1n) is 3.12. The predicted molar refractivity (Wildman–Crippen MR) is 39.6 cm³/mol. The van der Waals surface area contributed by atoms with Crippen molar-refractivity contribution in [1.82, 2.24) is 0 Å². The van der Waals surface area contributed by atoms with Gasteiger partial charge in [0.25, 0.3) is 0 Å². The van der Waals surface area contributed by atoms with Gasteiger partial charge in [0.15, 0.2) is 5.78 Å². The van der Waals surface area contributed by atoms with Gasteiger partial charge in [-0.1, -0.05) is 19.1 Å². The third-order valence-electron chi connectivity index (χ3n) is 0.931. The van der Waals surface area contributed by atoms with Gasteiger partial charge in [0, 0.05) is 6.42 Å². The van der Waals surface area contributed by atoms with Crippen LogP contribution < -0.4 is 0 Å². The molecule has 0 aromatic heterocycles. The summed E-state index contributed by atoms with van der Waals surface area (Å²) in [4.78, 5) is 20.3. The summed E-state index contributed by atoms with van der Waals surface area (Å²) in [6.07, 6.45) is 7.03. The van der Waals surface area contributed by atoms with Crippen LogP contribution in [0.4, 0.5) is 0 Å². The number of aldehydes is 1. The minimum Gasteiger partial charge on any atom is -0.299 e. The van der Waals surface area contributed by atoms with E-state index in [9.17, 15) is 9.59 Å². The maximum atomic E-state index is 10.6. The normalized spacial score (nSPS) is 10.9. The minimum atomic E-state index is 0.0653. The van der Waals surface area contributed by atoms with E-state index >= 15 is 0 Å². The molecule has 0 fully saturated rings. The van der Waals surface area contributed by atoms with E-state index in [4.69, 9.17) is 0 Å². The van der Waals surface area contributed by atoms with E-state index in [1.54, 1.807) is 13.0 Å². The Morgan fingerprint density at radius 2 is 2.00 bits per heavy atom. The lowest BCUT2D eigenvalue weighted by Crippen LogP contribution is -1.85. The highest BCUT2D eigenvalue weighted by Gasteiger charge is 1.85. The zero-order valence-electron chi connectivity index (χ0n) is 5.91. The summed E-state index contributed by atoms with van der Waals surface area (Å²) in [6.45, 7) is 1.79. The maximum Gasteiger partial charge on any atom is 0.155 e. The molecule has 0 radical (unpaired) electrons. The average molecular weight is 138 g/mol. The lowest BCUT2D eigenvalue weighted by Gasteiger charge is -1.79. The standard InChI is InChI=1S/C8H10O2/c1-2-8(10)6-4-3-5-7-9/h3-7H,2H2,1H3/b5-3+,6-4+. The number of carbonyl (C=O) groups excluding carboxylic acids is 2. The van der Waals surface area contributed by atoms with Gasteiger partial charge in [-0.05, 0) is 12.2 Å². The summed E-state index contributed by atoms with van der Waals surface area (Å²) in [7, 11) is 0. The van der Waals surface area contributed by atoms with Crippen LogP contribution in [0.1, 0.15) is 13.3 Å². The summed E-state index contributed by atoms with van der Waals surface area (Å²) >= 11 is 0. The molecule has 0 N–H and O–H groups in total. The molecule has 0 atom stereocenters. The van der Waals surface area contributed by atoms with Crippen LogP contribution in [0.15, 0.2) is 24.3 Å². The van der Waals surface area contributed by atoms with E-state index in [0.717, 1.165) is 0 Å². The zero-order valence-corrected chi connectivity index (χ0v) is 5.91. The Bertz CT molecular complexity index is 166. The van der Waals surface area contributed by atoms with Gasteiger partial charge in [-0.15, -0.1) is 0 Å². The van der Waals surface area contributed by atoms with Crippen LogP contribution in [-0.2, 0) is 9.59 Å². The number of rotatable bonds is 4. The topological polar surface area (TPSA) is 34.1 Å². The second-order valence-electron chi connectivity index (χ2n) is 1.70. The zero-order chi connectivity index (χ0) is 7.82. The molecule has 0 aromatic rings. The average Bonchev–Trinajstić information content (AvgIpc) is 1.98. The lowest BCUT2D eigenvalue weighted by atomic mass is 10.3. The molecule has 0 saturated heterocycles. The van der Waals surface area contributed by atoms with Gasteiger partial charge in [0.2, 0.25) is 0 Å². The van der Waals surface area contributed by atoms with Gasteiger partial charge < -0.3 is 0 Å². The van der Waals surface area contributed by atoms with Crippen molar-refractivity contribution in [2.45, 2.75) is 13.3 Å². The Labute approximate surface area is 60.2 Å². The summed E-state index contributed by atoms with van der Waals surface area (Å²) in [5.74, 6) is 0.0653. The number of carbonyl (C=O) groups is 2. The number of ketones is 1. The van der Waals surface area contributed by atoms with Crippen molar-refractivity contribution in [1.29, 1.82) is 0 Å². The molecule has 2 heteroatoms. The van der Waals surface area contributed by atoms with Crippen molar-refractivity contribution in [3.05, 3.63) is 24.3 Å². The van der Waals surface area contributed by atoms with Gasteiger partial charge in [0.1, 0.15) is 6.29 Å². The fourth-order valence-electron chi connectivity index (χ4n) is 0.390. The SMILES string of the molecule is CCC(=O)/C=C/C=C/C=O. The van der Waals surface area contributed by atoms with Crippen molar-refractivity contribution in [2.24, 2.45) is 0 Å². The molecule has 0 aliphatic heterocycles. The van der Waals surface area contributed by atoms with Crippen LogP contribution in [-0.4, -0.2) is 12.1 Å². The summed E-state index contributed by atoms with van der Waals surface area (Å²) in [5.41, 5.74) is 0. The number of allylic oxidation sites excluding steroid dienone is 4. The van der Waals surface area contributed by atoms with Crippen molar-refractivity contribution >= 4 is 12.1 Å². The smallest absolute Gasteiger partial charge is 0.155 e. The fraction of sp³-hybridized carbons (Fsp3) is 0.250. The lowest BCUT2D eigenvalue weighted by molar-refractivity contribution is -0.114. The Morgan fingerprint density at radius 1 is 1.30 bits per heavy atom. The highest BCUT2D eigenvalue weighted by Crippen LogP contribution is 1.83. The monoisotopic (exact) mass is 138 g/mol. The van der Waals surface area contributed by atoms with E-state index < -0.39 is 0 Å². The van der Waals surface area contributed by atoms with Crippen LogP contribution in [0.5, 0.6) is 0 Å². The van der Waals surface area contributed by atoms with Crippen LogP contribution in [0.3, 0.4) is 0 Å². The molecule has 54 valence electrons. The van der Waals surface area contributed by atoms with E-state index in [1.165, 1.54) is 18.2 Å². The first kappa shape index (κ1) is 8.82. The van der Waals surface area contributed by atoms with Crippen LogP contribution in [0.2, 0.25) is 0 Å². The molecule has 0 aromatic carbocycles. The molecular formula is C8H10O2. The molecule has 0 amide bonds. The van der Waals surface area contributed by atoms with E-state index in [1.807, 2.05) is 0 Å². The van der Waals surface area contributed by atoms with E-state index in [0.29, 0.717) is 12.7 Å². The Morgan fingerprint density at radius 3 is 2.50 bits per heavy atom. The van der Waals surface area contributed by atoms with Crippen molar-refractivity contribution in [3.8, 4) is 0 Å². The summed E-state index contributed by atoms with van der Waals surface area (Å²) in [5, 5.41) is 0. The van der Waals surface area contributed by atoms with E-state index in [2.05, 4.69) is 0 Å². The predicted octanol–water partition coefficient (Wildman–Crippen LogP) is 1.28. The van der Waals surface area contributed by atoms with Gasteiger partial charge in [-0.3, -0.25) is 9.59 Å². The molecule has 0 rings (SSSR count). The van der Waals surface area contributed by atoms with Gasteiger partial charge in [-0.25, -0.2) is 0 Å². The molecule has 0 saturated carbocycles. The molecule has 0 aliphatic rings. The Kier molecular flexibility index (Phi) is 5.25. The van der Waals surface area contributed by atoms with Gasteiger partial charge in [-0.2, -0.15) is 0 Å². The molecule has 0 bridgehead atoms. The third-order valence-corrected chi connectivity index (χ3v) is 0.931. The van der Waals surface area contributed by atoms with Crippen molar-refractivity contribution in [3.63, 3.8) is 0 Å². The number of hydrogen-bond acceptors (Lipinski definition) is 2. The molecule has 0 heterocycles. The molecule has 10 heavy (non-hydrogen) atoms. The van der Waals surface area contributed by atoms with Crippen LogP contribution in [0.25, 0.3) is 0 Å². The van der Waals surface area contributed by atoms with Crippen molar-refractivity contribution in [2.75, 3.05) is 0 Å². The quantitative estimate of drug-likeness (QED) is 0.333. The molecule has 0 aliphatic carbocycles. The second-order valence-corrected chi connectivity index (χ2v) is 1.70. The van der Waals surface area contributed by atoms with E-state index in [-0.39, 0.29) is 5.78 Å². The molecule has 0 spiro atoms. The maximum absolute atomic E-state index is 10.6. The molecular weight excluding hydrogens is 128 g/mol. The van der Waals surface area contributed by atoms with Crippen molar-refractivity contribution < 1.29 is 9.59 Å². The third kappa shape index (κ3) is 4.97. The van der Waals surface area contributed by atoms with Crippen LogP contribution >= 0.6 is 0 Å². The summed E-state index contributed by atoms with van der Waals surface area (Å²) in [6, 6.07) is 0.